The van der Waals surface area contributed by atoms with E-state index < -0.39 is 0 Å². The van der Waals surface area contributed by atoms with Gasteiger partial charge in [0, 0.05) is 31.0 Å². The summed E-state index contributed by atoms with van der Waals surface area (Å²) in [6.07, 6.45) is 4.10. The van der Waals surface area contributed by atoms with E-state index in [1.54, 1.807) is 18.3 Å². The van der Waals surface area contributed by atoms with Gasteiger partial charge in [0.1, 0.15) is 5.69 Å². The number of nitrogen functional groups attached to an aromatic ring is 1. The quantitative estimate of drug-likeness (QED) is 0.777. The Morgan fingerprint density at radius 1 is 1.65 bits per heavy atom. The summed E-state index contributed by atoms with van der Waals surface area (Å²) in [5.74, 6) is -0.165. The van der Waals surface area contributed by atoms with Gasteiger partial charge in [0.05, 0.1) is 0 Å². The number of nitrogens with zero attached hydrogens (tertiary/aromatic N) is 2. The van der Waals surface area contributed by atoms with Gasteiger partial charge in [-0.3, -0.25) is 9.78 Å². The van der Waals surface area contributed by atoms with E-state index in [1.165, 1.54) is 12.8 Å². The highest BCUT2D eigenvalue weighted by molar-refractivity contribution is 5.92. The molecule has 5 nitrogen and oxygen atoms in total. The van der Waals surface area contributed by atoms with Crippen molar-refractivity contribution in [2.24, 2.45) is 0 Å². The van der Waals surface area contributed by atoms with E-state index in [0.717, 1.165) is 12.6 Å². The van der Waals surface area contributed by atoms with Crippen molar-refractivity contribution in [3.05, 3.63) is 24.0 Å². The largest absolute Gasteiger partial charge is 0.399 e. The molecule has 1 aliphatic rings. The van der Waals surface area contributed by atoms with Crippen molar-refractivity contribution in [2.45, 2.75) is 18.9 Å². The first-order chi connectivity index (χ1) is 8.16. The van der Waals surface area contributed by atoms with Crippen molar-refractivity contribution in [3.8, 4) is 0 Å². The first-order valence-corrected chi connectivity index (χ1v) is 5.87. The molecule has 1 saturated carbocycles. The Balaban J connectivity index is 1.76. The summed E-state index contributed by atoms with van der Waals surface area (Å²) in [4.78, 5) is 18.0. The van der Waals surface area contributed by atoms with E-state index in [4.69, 9.17) is 5.73 Å². The smallest absolute Gasteiger partial charge is 0.269 e. The molecule has 0 aliphatic heterocycles. The van der Waals surface area contributed by atoms with Crippen LogP contribution >= 0.6 is 0 Å². The lowest BCUT2D eigenvalue weighted by Gasteiger charge is -2.15. The van der Waals surface area contributed by atoms with E-state index >= 15 is 0 Å². The molecular weight excluding hydrogens is 216 g/mol. The van der Waals surface area contributed by atoms with Crippen LogP contribution in [0.15, 0.2) is 18.3 Å². The molecule has 17 heavy (non-hydrogen) atoms. The molecule has 0 spiro atoms. The number of hydrogen-bond acceptors (Lipinski definition) is 4. The summed E-state index contributed by atoms with van der Waals surface area (Å²) in [5.41, 5.74) is 6.52. The van der Waals surface area contributed by atoms with Gasteiger partial charge in [-0.15, -0.1) is 0 Å². The predicted octanol–water partition coefficient (Wildman–Crippen LogP) is 0.488. The number of anilines is 1. The fraction of sp³-hybridized carbons (Fsp3) is 0.500. The molecule has 0 unspecified atom stereocenters. The molecule has 2 rings (SSSR count). The van der Waals surface area contributed by atoms with Crippen molar-refractivity contribution in [1.82, 2.24) is 15.2 Å². The van der Waals surface area contributed by atoms with Crippen molar-refractivity contribution in [2.75, 3.05) is 25.9 Å². The summed E-state index contributed by atoms with van der Waals surface area (Å²) < 4.78 is 0. The second-order valence-corrected chi connectivity index (χ2v) is 4.44. The number of nitrogens with one attached hydrogen (secondary N) is 1. The molecule has 5 heteroatoms. The molecule has 1 amide bonds. The van der Waals surface area contributed by atoms with Crippen LogP contribution in [0.5, 0.6) is 0 Å². The zero-order valence-corrected chi connectivity index (χ0v) is 10.0. The Morgan fingerprint density at radius 2 is 2.41 bits per heavy atom. The second kappa shape index (κ2) is 5.14. The van der Waals surface area contributed by atoms with Crippen LogP contribution in [-0.4, -0.2) is 42.0 Å². The molecule has 1 aromatic heterocycles. The van der Waals surface area contributed by atoms with Crippen LogP contribution in [0.4, 0.5) is 5.69 Å². The zero-order chi connectivity index (χ0) is 12.3. The number of aromatic nitrogens is 1. The van der Waals surface area contributed by atoms with Gasteiger partial charge >= 0.3 is 0 Å². The molecule has 3 N–H and O–H groups in total. The van der Waals surface area contributed by atoms with Crippen molar-refractivity contribution in [3.63, 3.8) is 0 Å². The highest BCUT2D eigenvalue weighted by atomic mass is 16.1. The Bertz CT molecular complexity index is 403. The monoisotopic (exact) mass is 234 g/mol. The fourth-order valence-corrected chi connectivity index (χ4v) is 1.71. The Kier molecular flexibility index (Phi) is 3.58. The van der Waals surface area contributed by atoms with Gasteiger partial charge < -0.3 is 16.0 Å². The van der Waals surface area contributed by atoms with Crippen LogP contribution < -0.4 is 11.1 Å². The Morgan fingerprint density at radius 3 is 3.06 bits per heavy atom. The van der Waals surface area contributed by atoms with E-state index in [0.29, 0.717) is 17.9 Å². The van der Waals surface area contributed by atoms with E-state index in [1.807, 2.05) is 0 Å². The summed E-state index contributed by atoms with van der Waals surface area (Å²) in [6, 6.07) is 3.97. The van der Waals surface area contributed by atoms with Gasteiger partial charge in [0.25, 0.3) is 5.91 Å². The van der Waals surface area contributed by atoms with Gasteiger partial charge in [0.15, 0.2) is 0 Å². The highest BCUT2D eigenvalue weighted by Crippen LogP contribution is 2.24. The van der Waals surface area contributed by atoms with Crippen LogP contribution in [0.2, 0.25) is 0 Å². The molecule has 0 aromatic carbocycles. The van der Waals surface area contributed by atoms with Crippen LogP contribution in [0, 0.1) is 0 Å². The molecule has 1 fully saturated rings. The number of carbonyl (C=O) groups excluding carboxylic acids is 1. The van der Waals surface area contributed by atoms with Crippen molar-refractivity contribution >= 4 is 11.6 Å². The number of carbonyl (C=O) groups is 1. The molecule has 92 valence electrons. The average molecular weight is 234 g/mol. The number of amides is 1. The number of pyridine rings is 1. The van der Waals surface area contributed by atoms with Crippen LogP contribution in [0.25, 0.3) is 0 Å². The number of nitrogens with two attached hydrogens (primary N) is 1. The lowest BCUT2D eigenvalue weighted by molar-refractivity contribution is 0.0944. The second-order valence-electron chi connectivity index (χ2n) is 4.44. The fourth-order valence-electron chi connectivity index (χ4n) is 1.71. The lowest BCUT2D eigenvalue weighted by Crippen LogP contribution is -2.34. The molecule has 1 heterocycles. The maximum Gasteiger partial charge on any atom is 0.269 e. The van der Waals surface area contributed by atoms with Crippen LogP contribution in [-0.2, 0) is 0 Å². The highest BCUT2D eigenvalue weighted by Gasteiger charge is 2.25. The minimum absolute atomic E-state index is 0.165. The van der Waals surface area contributed by atoms with Crippen LogP contribution in [0.3, 0.4) is 0 Å². The molecule has 1 aromatic rings. The van der Waals surface area contributed by atoms with E-state index in [9.17, 15) is 4.79 Å². The molecule has 0 saturated heterocycles. The minimum atomic E-state index is -0.165. The molecule has 1 aliphatic carbocycles. The first kappa shape index (κ1) is 11.9. The number of likely N-dealkylation sites (N-methyl/N-ethyl adjacent to an activating group) is 1. The average Bonchev–Trinajstić information content (AvgIpc) is 3.12. The normalized spacial score (nSPS) is 14.9. The number of hydrogen-bond donors (Lipinski definition) is 2. The Labute approximate surface area is 101 Å². The van der Waals surface area contributed by atoms with E-state index in [2.05, 4.69) is 22.2 Å². The minimum Gasteiger partial charge on any atom is -0.399 e. The number of rotatable bonds is 5. The zero-order valence-electron chi connectivity index (χ0n) is 10.0. The van der Waals surface area contributed by atoms with Gasteiger partial charge in [-0.2, -0.15) is 0 Å². The van der Waals surface area contributed by atoms with Crippen molar-refractivity contribution in [1.29, 1.82) is 0 Å². The molecule has 0 radical (unpaired) electrons. The third-order valence-electron chi connectivity index (χ3n) is 2.94. The SMILES string of the molecule is CN(CCNC(=O)c1cc(N)ccn1)C1CC1. The third kappa shape index (κ3) is 3.42. The first-order valence-electron chi connectivity index (χ1n) is 5.87. The van der Waals surface area contributed by atoms with Crippen LogP contribution in [0.1, 0.15) is 23.3 Å². The maximum absolute atomic E-state index is 11.7. The Hall–Kier alpha value is -1.62. The summed E-state index contributed by atoms with van der Waals surface area (Å²) in [7, 11) is 2.09. The van der Waals surface area contributed by atoms with Gasteiger partial charge in [-0.25, -0.2) is 0 Å². The van der Waals surface area contributed by atoms with Gasteiger partial charge in [-0.05, 0) is 32.0 Å². The standard InChI is InChI=1S/C12H18N4O/c1-16(10-2-3-10)7-6-15-12(17)11-8-9(13)4-5-14-11/h4-5,8,10H,2-3,6-7H2,1H3,(H2,13,14)(H,15,17). The van der Waals surface area contributed by atoms with Crippen molar-refractivity contribution < 1.29 is 4.79 Å². The summed E-state index contributed by atoms with van der Waals surface area (Å²) in [5, 5.41) is 2.84. The van der Waals surface area contributed by atoms with E-state index in [-0.39, 0.29) is 5.91 Å². The predicted molar refractivity (Wildman–Crippen MR) is 66.6 cm³/mol. The molecule has 0 bridgehead atoms. The summed E-state index contributed by atoms with van der Waals surface area (Å²) in [6.45, 7) is 1.51. The lowest BCUT2D eigenvalue weighted by atomic mass is 10.3. The topological polar surface area (TPSA) is 71.2 Å². The maximum atomic E-state index is 11.7. The molecule has 0 atom stereocenters. The third-order valence-corrected chi connectivity index (χ3v) is 2.94. The summed E-state index contributed by atoms with van der Waals surface area (Å²) >= 11 is 0. The van der Waals surface area contributed by atoms with Gasteiger partial charge in [0.2, 0.25) is 0 Å². The van der Waals surface area contributed by atoms with Gasteiger partial charge in [-0.1, -0.05) is 0 Å². The molecular formula is C12H18N4O.